The molecule has 0 aliphatic carbocycles. The lowest BCUT2D eigenvalue weighted by molar-refractivity contribution is -0.218. The number of nitrogens with zero attached hydrogens (tertiary/aromatic N) is 2. The minimum absolute atomic E-state index is 0.111. The average molecular weight is 409 g/mol. The molecule has 2 aliphatic heterocycles. The van der Waals surface area contributed by atoms with Gasteiger partial charge in [0.2, 0.25) is 5.91 Å². The van der Waals surface area contributed by atoms with Crippen molar-refractivity contribution < 1.29 is 14.3 Å². The Morgan fingerprint density at radius 3 is 2.40 bits per heavy atom. The van der Waals surface area contributed by atoms with E-state index in [0.717, 1.165) is 38.2 Å². The van der Waals surface area contributed by atoms with Crippen LogP contribution in [0, 0.1) is 5.92 Å². The number of likely N-dealkylation sites (tertiary alicyclic amines) is 1. The summed E-state index contributed by atoms with van der Waals surface area (Å²) in [6, 6.07) is 20.6. The van der Waals surface area contributed by atoms with E-state index in [4.69, 9.17) is 9.47 Å². The van der Waals surface area contributed by atoms with Crippen LogP contribution in [0.5, 0.6) is 0 Å². The minimum Gasteiger partial charge on any atom is -0.347 e. The van der Waals surface area contributed by atoms with E-state index in [1.54, 1.807) is 0 Å². The van der Waals surface area contributed by atoms with E-state index in [0.29, 0.717) is 26.2 Å². The van der Waals surface area contributed by atoms with Crippen LogP contribution in [0.2, 0.25) is 0 Å². The molecule has 4 rings (SSSR count). The normalized spacial score (nSPS) is 21.0. The highest BCUT2D eigenvalue weighted by molar-refractivity contribution is 5.93. The summed E-state index contributed by atoms with van der Waals surface area (Å²) in [7, 11) is 0. The van der Waals surface area contributed by atoms with Gasteiger partial charge in [-0.2, -0.15) is 0 Å². The predicted molar refractivity (Wildman–Crippen MR) is 118 cm³/mol. The van der Waals surface area contributed by atoms with Crippen LogP contribution in [0.1, 0.15) is 25.3 Å². The standard InChI is InChI=1S/C25H32N2O3/c1-2-24(28)27(23-11-7-4-8-12-23)20-22-19-26(15-13-21-9-5-3-6-10-21)16-14-25(22)29-17-18-30-25/h3-12,22H,2,13-20H2,1H3. The molecule has 2 aromatic rings. The van der Waals surface area contributed by atoms with Gasteiger partial charge in [0.15, 0.2) is 5.79 Å². The van der Waals surface area contributed by atoms with E-state index >= 15 is 0 Å². The number of ether oxygens (including phenoxy) is 2. The van der Waals surface area contributed by atoms with E-state index in [-0.39, 0.29) is 11.8 Å². The number of carbonyl (C=O) groups is 1. The summed E-state index contributed by atoms with van der Waals surface area (Å²) in [6.45, 7) is 6.62. The zero-order chi connectivity index (χ0) is 20.8. The maximum Gasteiger partial charge on any atom is 0.226 e. The van der Waals surface area contributed by atoms with Crippen molar-refractivity contribution in [3.8, 4) is 0 Å². The van der Waals surface area contributed by atoms with Crippen LogP contribution in [0.25, 0.3) is 0 Å². The van der Waals surface area contributed by atoms with Gasteiger partial charge >= 0.3 is 0 Å². The third kappa shape index (κ3) is 4.75. The van der Waals surface area contributed by atoms with Gasteiger partial charge in [-0.25, -0.2) is 0 Å². The first-order valence-electron chi connectivity index (χ1n) is 11.1. The van der Waals surface area contributed by atoms with E-state index in [1.165, 1.54) is 5.56 Å². The van der Waals surface area contributed by atoms with Gasteiger partial charge in [-0.3, -0.25) is 4.79 Å². The van der Waals surface area contributed by atoms with Gasteiger partial charge < -0.3 is 19.3 Å². The summed E-state index contributed by atoms with van der Waals surface area (Å²) in [6.07, 6.45) is 2.35. The number of anilines is 1. The van der Waals surface area contributed by atoms with Crippen LogP contribution >= 0.6 is 0 Å². The molecule has 2 saturated heterocycles. The van der Waals surface area contributed by atoms with Crippen molar-refractivity contribution in [3.63, 3.8) is 0 Å². The highest BCUT2D eigenvalue weighted by Crippen LogP contribution is 2.37. The summed E-state index contributed by atoms with van der Waals surface area (Å²) in [4.78, 5) is 17.2. The topological polar surface area (TPSA) is 42.0 Å². The van der Waals surface area contributed by atoms with Crippen molar-refractivity contribution in [3.05, 3.63) is 66.2 Å². The van der Waals surface area contributed by atoms with Gasteiger partial charge in [0.05, 0.1) is 13.2 Å². The van der Waals surface area contributed by atoms with Crippen molar-refractivity contribution in [2.45, 2.75) is 32.0 Å². The molecular weight excluding hydrogens is 376 g/mol. The maximum atomic E-state index is 12.8. The molecule has 1 unspecified atom stereocenters. The second-order valence-electron chi connectivity index (χ2n) is 8.19. The second-order valence-corrected chi connectivity index (χ2v) is 8.19. The molecule has 1 spiro atoms. The van der Waals surface area contributed by atoms with Crippen molar-refractivity contribution >= 4 is 11.6 Å². The molecule has 0 N–H and O–H groups in total. The fourth-order valence-corrected chi connectivity index (χ4v) is 4.61. The second kappa shape index (κ2) is 9.73. The predicted octanol–water partition coefficient (Wildman–Crippen LogP) is 3.74. The highest BCUT2D eigenvalue weighted by Gasteiger charge is 2.48. The number of hydrogen-bond acceptors (Lipinski definition) is 4. The molecule has 2 fully saturated rings. The Morgan fingerprint density at radius 2 is 1.73 bits per heavy atom. The van der Waals surface area contributed by atoms with Gasteiger partial charge in [0.25, 0.3) is 0 Å². The summed E-state index contributed by atoms with van der Waals surface area (Å²) < 4.78 is 12.3. The summed E-state index contributed by atoms with van der Waals surface area (Å²) >= 11 is 0. The molecule has 30 heavy (non-hydrogen) atoms. The third-order valence-electron chi connectivity index (χ3n) is 6.29. The fourth-order valence-electron chi connectivity index (χ4n) is 4.61. The van der Waals surface area contributed by atoms with Gasteiger partial charge in [-0.05, 0) is 24.1 Å². The first-order chi connectivity index (χ1) is 14.7. The molecule has 5 heteroatoms. The monoisotopic (exact) mass is 408 g/mol. The molecule has 160 valence electrons. The Balaban J connectivity index is 1.49. The number of rotatable bonds is 7. The highest BCUT2D eigenvalue weighted by atomic mass is 16.7. The largest absolute Gasteiger partial charge is 0.347 e. The summed E-state index contributed by atoms with van der Waals surface area (Å²) in [5.74, 6) is -0.319. The number of hydrogen-bond donors (Lipinski definition) is 0. The average Bonchev–Trinajstić information content (AvgIpc) is 3.28. The quantitative estimate of drug-likeness (QED) is 0.700. The van der Waals surface area contributed by atoms with Crippen LogP contribution in [0.15, 0.2) is 60.7 Å². The fraction of sp³-hybridized carbons (Fsp3) is 0.480. The first kappa shape index (κ1) is 21.0. The van der Waals surface area contributed by atoms with Crippen LogP contribution < -0.4 is 4.90 Å². The Kier molecular flexibility index (Phi) is 6.82. The number of carbonyl (C=O) groups excluding carboxylic acids is 1. The molecule has 2 heterocycles. The van der Waals surface area contributed by atoms with Crippen molar-refractivity contribution in [2.75, 3.05) is 44.3 Å². The van der Waals surface area contributed by atoms with Gasteiger partial charge in [0.1, 0.15) is 0 Å². The van der Waals surface area contributed by atoms with Crippen molar-refractivity contribution in [1.82, 2.24) is 4.90 Å². The van der Waals surface area contributed by atoms with E-state index < -0.39 is 5.79 Å². The third-order valence-corrected chi connectivity index (χ3v) is 6.29. The van der Waals surface area contributed by atoms with E-state index in [2.05, 4.69) is 35.2 Å². The number of piperidine rings is 1. The Bertz CT molecular complexity index is 806. The van der Waals surface area contributed by atoms with E-state index in [1.807, 2.05) is 42.2 Å². The molecule has 0 bridgehead atoms. The molecule has 1 amide bonds. The molecule has 0 radical (unpaired) electrons. The molecule has 5 nitrogen and oxygen atoms in total. The first-order valence-corrected chi connectivity index (χ1v) is 11.1. The molecule has 0 aromatic heterocycles. The van der Waals surface area contributed by atoms with Crippen LogP contribution in [-0.2, 0) is 20.7 Å². The van der Waals surface area contributed by atoms with Gasteiger partial charge in [0, 0.05) is 50.6 Å². The lowest BCUT2D eigenvalue weighted by Gasteiger charge is -2.45. The van der Waals surface area contributed by atoms with E-state index in [9.17, 15) is 4.79 Å². The number of benzene rings is 2. The minimum atomic E-state index is -0.565. The Hall–Kier alpha value is -2.21. The lowest BCUT2D eigenvalue weighted by Crippen LogP contribution is -2.57. The SMILES string of the molecule is CCC(=O)N(CC1CN(CCc2ccccc2)CCC12OCCO2)c1ccccc1. The van der Waals surface area contributed by atoms with Gasteiger partial charge in [-0.1, -0.05) is 55.5 Å². The number of amides is 1. The van der Waals surface area contributed by atoms with Crippen molar-refractivity contribution in [2.24, 2.45) is 5.92 Å². The Morgan fingerprint density at radius 1 is 1.07 bits per heavy atom. The zero-order valence-electron chi connectivity index (χ0n) is 17.8. The molecule has 2 aromatic carbocycles. The lowest BCUT2D eigenvalue weighted by atomic mass is 9.89. The maximum absolute atomic E-state index is 12.8. The molecule has 0 saturated carbocycles. The summed E-state index contributed by atoms with van der Waals surface area (Å²) in [5.41, 5.74) is 2.30. The molecular formula is C25H32N2O3. The van der Waals surface area contributed by atoms with Crippen LogP contribution in [0.3, 0.4) is 0 Å². The zero-order valence-corrected chi connectivity index (χ0v) is 17.8. The Labute approximate surface area is 179 Å². The van der Waals surface area contributed by atoms with Crippen molar-refractivity contribution in [1.29, 1.82) is 0 Å². The van der Waals surface area contributed by atoms with Crippen LogP contribution in [0.4, 0.5) is 5.69 Å². The molecule has 2 aliphatic rings. The molecule has 1 atom stereocenters. The number of para-hydroxylation sites is 1. The van der Waals surface area contributed by atoms with Crippen LogP contribution in [-0.4, -0.2) is 56.0 Å². The smallest absolute Gasteiger partial charge is 0.226 e. The summed E-state index contributed by atoms with van der Waals surface area (Å²) in [5, 5.41) is 0. The van der Waals surface area contributed by atoms with Gasteiger partial charge in [-0.15, -0.1) is 0 Å².